The SMILES string of the molecule is CC1(C)CCC(CNCc2ncc(C(=O)O)s2)CC1. The van der Waals surface area contributed by atoms with E-state index in [0.717, 1.165) is 17.5 Å². The maximum absolute atomic E-state index is 10.7. The van der Waals surface area contributed by atoms with Gasteiger partial charge in [-0.1, -0.05) is 13.8 Å². The van der Waals surface area contributed by atoms with Gasteiger partial charge in [0.2, 0.25) is 0 Å². The minimum absolute atomic E-state index is 0.316. The molecule has 0 unspecified atom stereocenters. The quantitative estimate of drug-likeness (QED) is 0.871. The van der Waals surface area contributed by atoms with Crippen molar-refractivity contribution in [3.63, 3.8) is 0 Å². The molecule has 5 heteroatoms. The number of aromatic carboxylic acids is 1. The monoisotopic (exact) mass is 282 g/mol. The summed E-state index contributed by atoms with van der Waals surface area (Å²) in [4.78, 5) is 15.2. The van der Waals surface area contributed by atoms with Gasteiger partial charge < -0.3 is 10.4 Å². The third kappa shape index (κ3) is 4.28. The summed E-state index contributed by atoms with van der Waals surface area (Å²) < 4.78 is 0. The molecule has 0 saturated heterocycles. The van der Waals surface area contributed by atoms with Crippen molar-refractivity contribution in [3.05, 3.63) is 16.1 Å². The predicted octanol–water partition coefficient (Wildman–Crippen LogP) is 3.15. The highest BCUT2D eigenvalue weighted by molar-refractivity contribution is 7.13. The molecular weight excluding hydrogens is 260 g/mol. The molecule has 1 saturated carbocycles. The molecule has 1 aromatic heterocycles. The van der Waals surface area contributed by atoms with E-state index in [1.807, 2.05) is 0 Å². The van der Waals surface area contributed by atoms with Gasteiger partial charge in [0.15, 0.2) is 0 Å². The Morgan fingerprint density at radius 2 is 2.21 bits per heavy atom. The van der Waals surface area contributed by atoms with Crippen molar-refractivity contribution in [1.29, 1.82) is 0 Å². The lowest BCUT2D eigenvalue weighted by Gasteiger charge is -2.34. The molecule has 0 amide bonds. The van der Waals surface area contributed by atoms with Crippen LogP contribution in [0.1, 0.15) is 54.2 Å². The van der Waals surface area contributed by atoms with Crippen molar-refractivity contribution in [3.8, 4) is 0 Å². The second kappa shape index (κ2) is 6.01. The zero-order chi connectivity index (χ0) is 13.9. The smallest absolute Gasteiger partial charge is 0.347 e. The Morgan fingerprint density at radius 1 is 1.53 bits per heavy atom. The number of hydrogen-bond donors (Lipinski definition) is 2. The van der Waals surface area contributed by atoms with Gasteiger partial charge in [0.05, 0.1) is 6.20 Å². The van der Waals surface area contributed by atoms with Gasteiger partial charge in [-0.25, -0.2) is 9.78 Å². The molecule has 2 rings (SSSR count). The Hall–Kier alpha value is -0.940. The molecule has 1 aromatic rings. The van der Waals surface area contributed by atoms with Crippen LogP contribution in [-0.2, 0) is 6.54 Å². The normalized spacial score (nSPS) is 19.5. The molecule has 0 bridgehead atoms. The number of aromatic nitrogens is 1. The van der Waals surface area contributed by atoms with Crippen LogP contribution < -0.4 is 5.32 Å². The predicted molar refractivity (Wildman–Crippen MR) is 76.5 cm³/mol. The van der Waals surface area contributed by atoms with Crippen LogP contribution in [-0.4, -0.2) is 22.6 Å². The summed E-state index contributed by atoms with van der Waals surface area (Å²) >= 11 is 1.25. The molecule has 19 heavy (non-hydrogen) atoms. The van der Waals surface area contributed by atoms with E-state index in [1.54, 1.807) is 0 Å². The molecule has 4 nitrogen and oxygen atoms in total. The van der Waals surface area contributed by atoms with Crippen molar-refractivity contribution in [2.75, 3.05) is 6.54 Å². The number of carboxylic acids is 1. The van der Waals surface area contributed by atoms with Crippen LogP contribution in [0.5, 0.6) is 0 Å². The molecule has 1 heterocycles. The van der Waals surface area contributed by atoms with Gasteiger partial charge in [-0.3, -0.25) is 0 Å². The lowest BCUT2D eigenvalue weighted by Crippen LogP contribution is -2.28. The number of thiazole rings is 1. The van der Waals surface area contributed by atoms with Gasteiger partial charge in [0.1, 0.15) is 9.88 Å². The van der Waals surface area contributed by atoms with E-state index in [4.69, 9.17) is 5.11 Å². The number of carboxylic acid groups (broad SMARTS) is 1. The van der Waals surface area contributed by atoms with Gasteiger partial charge >= 0.3 is 5.97 Å². The summed E-state index contributed by atoms with van der Waals surface area (Å²) in [5, 5.41) is 13.1. The maximum atomic E-state index is 10.7. The van der Waals surface area contributed by atoms with Crippen molar-refractivity contribution in [2.45, 2.75) is 46.1 Å². The van der Waals surface area contributed by atoms with E-state index in [0.29, 0.717) is 16.8 Å². The first-order valence-corrected chi connectivity index (χ1v) is 7.67. The standard InChI is InChI=1S/C14H22N2O2S/c1-14(2)5-3-10(4-6-14)7-15-9-12-16-8-11(19-12)13(17)18/h8,10,15H,3-7,9H2,1-2H3,(H,17,18). The van der Waals surface area contributed by atoms with Crippen molar-refractivity contribution in [1.82, 2.24) is 10.3 Å². The third-order valence-electron chi connectivity index (χ3n) is 3.93. The maximum Gasteiger partial charge on any atom is 0.347 e. The van der Waals surface area contributed by atoms with E-state index in [9.17, 15) is 4.79 Å². The number of carbonyl (C=O) groups is 1. The zero-order valence-corrected chi connectivity index (χ0v) is 12.4. The van der Waals surface area contributed by atoms with E-state index >= 15 is 0 Å². The Morgan fingerprint density at radius 3 is 2.79 bits per heavy atom. The fourth-order valence-electron chi connectivity index (χ4n) is 2.54. The summed E-state index contributed by atoms with van der Waals surface area (Å²) in [7, 11) is 0. The molecule has 0 atom stereocenters. The van der Waals surface area contributed by atoms with Crippen molar-refractivity contribution >= 4 is 17.3 Å². The molecule has 1 aliphatic rings. The molecule has 1 aliphatic carbocycles. The van der Waals surface area contributed by atoms with Crippen molar-refractivity contribution in [2.24, 2.45) is 11.3 Å². The summed E-state index contributed by atoms with van der Waals surface area (Å²) in [5.41, 5.74) is 0.516. The molecule has 0 radical (unpaired) electrons. The minimum Gasteiger partial charge on any atom is -0.477 e. The van der Waals surface area contributed by atoms with E-state index in [2.05, 4.69) is 24.1 Å². The molecule has 0 aromatic carbocycles. The summed E-state index contributed by atoms with van der Waals surface area (Å²) in [6.45, 7) is 6.38. The first-order valence-electron chi connectivity index (χ1n) is 6.85. The average Bonchev–Trinajstić information content (AvgIpc) is 2.80. The number of rotatable bonds is 5. The highest BCUT2D eigenvalue weighted by Gasteiger charge is 2.26. The molecule has 0 spiro atoms. The Labute approximate surface area is 118 Å². The molecular formula is C14H22N2O2S. The number of nitrogens with zero attached hydrogens (tertiary/aromatic N) is 1. The fourth-order valence-corrected chi connectivity index (χ4v) is 3.26. The Kier molecular flexibility index (Phi) is 4.58. The lowest BCUT2D eigenvalue weighted by molar-refractivity contribution is 0.0702. The van der Waals surface area contributed by atoms with Gasteiger partial charge in [0.25, 0.3) is 0 Å². The molecule has 106 valence electrons. The van der Waals surface area contributed by atoms with E-state index in [-0.39, 0.29) is 0 Å². The van der Waals surface area contributed by atoms with Crippen LogP contribution >= 0.6 is 11.3 Å². The highest BCUT2D eigenvalue weighted by atomic mass is 32.1. The molecule has 2 N–H and O–H groups in total. The van der Waals surface area contributed by atoms with Gasteiger partial charge in [-0.15, -0.1) is 11.3 Å². The Balaban J connectivity index is 1.70. The first kappa shape index (κ1) is 14.5. The lowest BCUT2D eigenvalue weighted by atomic mass is 9.73. The first-order chi connectivity index (χ1) is 8.96. The van der Waals surface area contributed by atoms with E-state index < -0.39 is 5.97 Å². The summed E-state index contributed by atoms with van der Waals surface area (Å²) in [5.74, 6) is -0.134. The van der Waals surface area contributed by atoms with Crippen LogP contribution in [0, 0.1) is 11.3 Å². The average molecular weight is 282 g/mol. The van der Waals surface area contributed by atoms with Gasteiger partial charge in [0, 0.05) is 6.54 Å². The van der Waals surface area contributed by atoms with E-state index in [1.165, 1.54) is 43.2 Å². The topological polar surface area (TPSA) is 62.2 Å². The van der Waals surface area contributed by atoms with Crippen LogP contribution in [0.25, 0.3) is 0 Å². The minimum atomic E-state index is -0.890. The fraction of sp³-hybridized carbons (Fsp3) is 0.714. The van der Waals surface area contributed by atoms with Crippen molar-refractivity contribution < 1.29 is 9.90 Å². The summed E-state index contributed by atoms with van der Waals surface area (Å²) in [6.07, 6.45) is 6.63. The van der Waals surface area contributed by atoms with Crippen LogP contribution in [0.4, 0.5) is 0 Å². The number of nitrogens with one attached hydrogen (secondary N) is 1. The van der Waals surface area contributed by atoms with Crippen LogP contribution in [0.3, 0.4) is 0 Å². The molecule has 0 aliphatic heterocycles. The second-order valence-corrected chi connectivity index (χ2v) is 7.28. The van der Waals surface area contributed by atoms with Crippen LogP contribution in [0.2, 0.25) is 0 Å². The summed E-state index contributed by atoms with van der Waals surface area (Å²) in [6, 6.07) is 0. The molecule has 1 fully saturated rings. The highest BCUT2D eigenvalue weighted by Crippen LogP contribution is 2.37. The number of hydrogen-bond acceptors (Lipinski definition) is 4. The Bertz CT molecular complexity index is 432. The zero-order valence-electron chi connectivity index (χ0n) is 11.6. The second-order valence-electron chi connectivity index (χ2n) is 6.16. The van der Waals surface area contributed by atoms with Crippen LogP contribution in [0.15, 0.2) is 6.20 Å². The van der Waals surface area contributed by atoms with Gasteiger partial charge in [-0.05, 0) is 43.6 Å². The van der Waals surface area contributed by atoms with Gasteiger partial charge in [-0.2, -0.15) is 0 Å². The largest absolute Gasteiger partial charge is 0.477 e. The third-order valence-corrected chi connectivity index (χ3v) is 4.92.